The number of anilines is 1. The van der Waals surface area contributed by atoms with Crippen molar-refractivity contribution in [2.45, 2.75) is 19.4 Å². The van der Waals surface area contributed by atoms with E-state index in [2.05, 4.69) is 10.9 Å². The first-order chi connectivity index (χ1) is 8.00. The second-order valence-corrected chi connectivity index (χ2v) is 3.54. The zero-order chi connectivity index (χ0) is 12.8. The van der Waals surface area contributed by atoms with E-state index in [9.17, 15) is 14.9 Å². The minimum atomic E-state index is -0.936. The molecule has 0 saturated carbocycles. The predicted molar refractivity (Wildman–Crippen MR) is 61.6 cm³/mol. The summed E-state index contributed by atoms with van der Waals surface area (Å²) < 4.78 is 0. The highest BCUT2D eigenvalue weighted by Crippen LogP contribution is 2.22. The molecule has 1 atom stereocenters. The topological polar surface area (TPSA) is 104 Å². The number of aliphatic carboxylic acids is 1. The van der Waals surface area contributed by atoms with Crippen LogP contribution in [-0.2, 0) is 4.79 Å². The molecule has 7 heteroatoms. The first-order valence-electron chi connectivity index (χ1n) is 4.97. The van der Waals surface area contributed by atoms with E-state index in [1.165, 1.54) is 6.07 Å². The molecule has 17 heavy (non-hydrogen) atoms. The number of hydrazine groups is 1. The summed E-state index contributed by atoms with van der Waals surface area (Å²) in [6.45, 7) is 1.66. The SMILES string of the molecule is CC(CC(=O)O)NNc1ccccc1[N+](=O)[O-]. The maximum atomic E-state index is 10.7. The fourth-order valence-electron chi connectivity index (χ4n) is 1.25. The number of carbonyl (C=O) groups is 1. The molecule has 0 amide bonds. The van der Waals surface area contributed by atoms with Crippen LogP contribution in [0.5, 0.6) is 0 Å². The number of nitrogens with zero attached hydrogens (tertiary/aromatic N) is 1. The molecule has 1 aromatic carbocycles. The molecule has 0 aliphatic heterocycles. The lowest BCUT2D eigenvalue weighted by molar-refractivity contribution is -0.384. The van der Waals surface area contributed by atoms with E-state index in [0.29, 0.717) is 5.69 Å². The van der Waals surface area contributed by atoms with E-state index < -0.39 is 10.9 Å². The third-order valence-electron chi connectivity index (χ3n) is 2.03. The second-order valence-electron chi connectivity index (χ2n) is 3.54. The Kier molecular flexibility index (Phi) is 4.41. The van der Waals surface area contributed by atoms with Crippen LogP contribution < -0.4 is 10.9 Å². The number of nitrogens with one attached hydrogen (secondary N) is 2. The fourth-order valence-corrected chi connectivity index (χ4v) is 1.25. The molecular formula is C10H13N3O4. The van der Waals surface area contributed by atoms with Crippen LogP contribution in [0.4, 0.5) is 11.4 Å². The number of para-hydroxylation sites is 2. The number of hydrogen-bond donors (Lipinski definition) is 3. The maximum absolute atomic E-state index is 10.7. The normalized spacial score (nSPS) is 11.8. The Morgan fingerprint density at radius 3 is 2.76 bits per heavy atom. The van der Waals surface area contributed by atoms with Crippen molar-refractivity contribution in [2.24, 2.45) is 0 Å². The van der Waals surface area contributed by atoms with Crippen LogP contribution in [0.1, 0.15) is 13.3 Å². The van der Waals surface area contributed by atoms with Gasteiger partial charge in [0.25, 0.3) is 5.69 Å². The van der Waals surface area contributed by atoms with Crippen LogP contribution in [-0.4, -0.2) is 22.0 Å². The molecule has 0 saturated heterocycles. The standard InChI is InChI=1S/C10H13N3O4/c1-7(6-10(14)15)11-12-8-4-2-3-5-9(8)13(16)17/h2-5,7,11-12H,6H2,1H3,(H,14,15). The molecule has 0 fully saturated rings. The number of nitro groups is 1. The Morgan fingerprint density at radius 2 is 2.18 bits per heavy atom. The van der Waals surface area contributed by atoms with E-state index in [1.54, 1.807) is 25.1 Å². The van der Waals surface area contributed by atoms with Gasteiger partial charge in [-0.1, -0.05) is 12.1 Å². The number of nitro benzene ring substituents is 1. The smallest absolute Gasteiger partial charge is 0.304 e. The van der Waals surface area contributed by atoms with Crippen LogP contribution in [0, 0.1) is 10.1 Å². The fraction of sp³-hybridized carbons (Fsp3) is 0.300. The van der Waals surface area contributed by atoms with E-state index >= 15 is 0 Å². The molecule has 0 radical (unpaired) electrons. The van der Waals surface area contributed by atoms with Gasteiger partial charge in [0, 0.05) is 12.1 Å². The Hall–Kier alpha value is -2.15. The summed E-state index contributed by atoms with van der Waals surface area (Å²) in [5.74, 6) is -0.936. The Balaban J connectivity index is 2.63. The predicted octanol–water partition coefficient (Wildman–Crippen LogP) is 1.37. The summed E-state index contributed by atoms with van der Waals surface area (Å²) >= 11 is 0. The number of carboxylic acids is 1. The molecule has 3 N–H and O–H groups in total. The minimum absolute atomic E-state index is 0.0671. The Labute approximate surface area is 97.6 Å². The number of carboxylic acid groups (broad SMARTS) is 1. The summed E-state index contributed by atoms with van der Waals surface area (Å²) in [6, 6.07) is 5.78. The van der Waals surface area contributed by atoms with Gasteiger partial charge in [0.15, 0.2) is 0 Å². The summed E-state index contributed by atoms with van der Waals surface area (Å²) in [6.07, 6.45) is -0.0758. The number of rotatable bonds is 6. The van der Waals surface area contributed by atoms with Crippen molar-refractivity contribution in [3.05, 3.63) is 34.4 Å². The van der Waals surface area contributed by atoms with Gasteiger partial charge >= 0.3 is 5.97 Å². The van der Waals surface area contributed by atoms with Crippen molar-refractivity contribution in [1.29, 1.82) is 0 Å². The zero-order valence-electron chi connectivity index (χ0n) is 9.21. The molecular weight excluding hydrogens is 226 g/mol. The summed E-state index contributed by atoms with van der Waals surface area (Å²) in [4.78, 5) is 20.6. The zero-order valence-corrected chi connectivity index (χ0v) is 9.21. The van der Waals surface area contributed by atoms with Crippen molar-refractivity contribution >= 4 is 17.3 Å². The van der Waals surface area contributed by atoms with Crippen molar-refractivity contribution in [1.82, 2.24) is 5.43 Å². The largest absolute Gasteiger partial charge is 0.481 e. The average molecular weight is 239 g/mol. The maximum Gasteiger partial charge on any atom is 0.304 e. The van der Waals surface area contributed by atoms with Crippen molar-refractivity contribution < 1.29 is 14.8 Å². The van der Waals surface area contributed by atoms with Gasteiger partial charge in [0.2, 0.25) is 0 Å². The molecule has 0 aliphatic rings. The Bertz CT molecular complexity index is 422. The van der Waals surface area contributed by atoms with E-state index in [4.69, 9.17) is 5.11 Å². The van der Waals surface area contributed by atoms with E-state index in [0.717, 1.165) is 0 Å². The van der Waals surface area contributed by atoms with Gasteiger partial charge < -0.3 is 10.5 Å². The highest BCUT2D eigenvalue weighted by atomic mass is 16.6. The lowest BCUT2D eigenvalue weighted by Gasteiger charge is -2.13. The van der Waals surface area contributed by atoms with Gasteiger partial charge in [-0.2, -0.15) is 0 Å². The third-order valence-corrected chi connectivity index (χ3v) is 2.03. The van der Waals surface area contributed by atoms with Crippen LogP contribution in [0.3, 0.4) is 0 Å². The summed E-state index contributed by atoms with van der Waals surface area (Å²) in [7, 11) is 0. The quantitative estimate of drug-likeness (QED) is 0.511. The van der Waals surface area contributed by atoms with Crippen molar-refractivity contribution in [3.63, 3.8) is 0 Å². The molecule has 0 aromatic heterocycles. The minimum Gasteiger partial charge on any atom is -0.481 e. The second kappa shape index (κ2) is 5.80. The molecule has 1 unspecified atom stereocenters. The van der Waals surface area contributed by atoms with Crippen LogP contribution in [0.2, 0.25) is 0 Å². The van der Waals surface area contributed by atoms with Crippen LogP contribution >= 0.6 is 0 Å². The lowest BCUT2D eigenvalue weighted by Crippen LogP contribution is -2.33. The first-order valence-corrected chi connectivity index (χ1v) is 4.97. The highest BCUT2D eigenvalue weighted by molar-refractivity contribution is 5.67. The van der Waals surface area contributed by atoms with E-state index in [1.807, 2.05) is 0 Å². The Morgan fingerprint density at radius 1 is 1.53 bits per heavy atom. The average Bonchev–Trinajstić information content (AvgIpc) is 2.25. The highest BCUT2D eigenvalue weighted by Gasteiger charge is 2.13. The van der Waals surface area contributed by atoms with Gasteiger partial charge in [0.05, 0.1) is 11.3 Å². The summed E-state index contributed by atoms with van der Waals surface area (Å²) in [5, 5.41) is 19.2. The molecule has 7 nitrogen and oxygen atoms in total. The van der Waals surface area contributed by atoms with E-state index in [-0.39, 0.29) is 18.2 Å². The molecule has 0 aliphatic carbocycles. The van der Waals surface area contributed by atoms with Gasteiger partial charge in [0.1, 0.15) is 5.69 Å². The first kappa shape index (κ1) is 12.9. The third kappa shape index (κ3) is 4.07. The van der Waals surface area contributed by atoms with Gasteiger partial charge in [-0.25, -0.2) is 5.43 Å². The van der Waals surface area contributed by atoms with Gasteiger partial charge in [-0.15, -0.1) is 0 Å². The van der Waals surface area contributed by atoms with Gasteiger partial charge in [-0.3, -0.25) is 14.9 Å². The molecule has 92 valence electrons. The molecule has 0 spiro atoms. The molecule has 0 bridgehead atoms. The number of benzene rings is 1. The lowest BCUT2D eigenvalue weighted by atomic mass is 10.2. The molecule has 0 heterocycles. The monoisotopic (exact) mass is 239 g/mol. The van der Waals surface area contributed by atoms with Crippen LogP contribution in [0.15, 0.2) is 24.3 Å². The van der Waals surface area contributed by atoms with Gasteiger partial charge in [-0.05, 0) is 13.0 Å². The number of hydrogen-bond acceptors (Lipinski definition) is 5. The molecule has 1 aromatic rings. The van der Waals surface area contributed by atoms with Crippen LogP contribution in [0.25, 0.3) is 0 Å². The summed E-state index contributed by atoms with van der Waals surface area (Å²) in [5.41, 5.74) is 5.57. The van der Waals surface area contributed by atoms with Crippen molar-refractivity contribution in [3.8, 4) is 0 Å². The van der Waals surface area contributed by atoms with Crippen molar-refractivity contribution in [2.75, 3.05) is 5.43 Å². The molecule has 1 rings (SSSR count).